The molecule has 0 aliphatic carbocycles. The van der Waals surface area contributed by atoms with Crippen LogP contribution in [0.4, 0.5) is 4.39 Å². The maximum Gasteiger partial charge on any atom is 0.337 e. The van der Waals surface area contributed by atoms with Crippen LogP contribution in [-0.4, -0.2) is 45.4 Å². The number of halogens is 2. The lowest BCUT2D eigenvalue weighted by Gasteiger charge is -2.23. The molecule has 6 nitrogen and oxygen atoms in total. The number of nitrogens with zero attached hydrogens (tertiary/aromatic N) is 1. The van der Waals surface area contributed by atoms with Gasteiger partial charge < -0.3 is 10.1 Å². The first-order valence-corrected chi connectivity index (χ1v) is 11.2. The van der Waals surface area contributed by atoms with E-state index in [4.69, 9.17) is 0 Å². The predicted octanol–water partition coefficient (Wildman–Crippen LogP) is 3.07. The first-order chi connectivity index (χ1) is 14.5. The van der Waals surface area contributed by atoms with Crippen molar-refractivity contribution in [3.8, 4) is 0 Å². The molecule has 0 spiro atoms. The van der Waals surface area contributed by atoms with E-state index in [-0.39, 0.29) is 36.6 Å². The third-order valence-corrected chi connectivity index (χ3v) is 6.28. The molecule has 9 heteroatoms. The molecule has 1 saturated heterocycles. The van der Waals surface area contributed by atoms with Gasteiger partial charge in [-0.15, -0.1) is 12.4 Å². The van der Waals surface area contributed by atoms with E-state index in [1.54, 1.807) is 0 Å². The van der Waals surface area contributed by atoms with Gasteiger partial charge in [0, 0.05) is 18.7 Å². The monoisotopic (exact) mass is 470 g/mol. The highest BCUT2D eigenvalue weighted by molar-refractivity contribution is 7.69. The van der Waals surface area contributed by atoms with Crippen molar-refractivity contribution in [2.45, 2.75) is 31.7 Å². The standard InChI is InChI=1S/C22H27FN2O4S.ClH/c1-29-22(26)19-5-6-20(21(23)14-19)15-25(30(27)28)12-9-16-3-2-4-18(13-16)17-7-10-24-11-8-17;/h2-6,13-14,17,24,30H,7-12,15H2,1H3;1H. The van der Waals surface area contributed by atoms with Gasteiger partial charge in [0.05, 0.1) is 12.7 Å². The lowest BCUT2D eigenvalue weighted by atomic mass is 9.89. The van der Waals surface area contributed by atoms with E-state index in [2.05, 4.69) is 22.2 Å². The molecule has 1 aliphatic heterocycles. The number of methoxy groups -OCH3 is 1. The highest BCUT2D eigenvalue weighted by Crippen LogP contribution is 2.26. The summed E-state index contributed by atoms with van der Waals surface area (Å²) in [5.74, 6) is -0.741. The van der Waals surface area contributed by atoms with E-state index in [0.717, 1.165) is 37.6 Å². The maximum absolute atomic E-state index is 14.4. The molecular formula is C22H28ClFN2O4S. The van der Waals surface area contributed by atoms with Crippen LogP contribution in [0, 0.1) is 5.82 Å². The summed E-state index contributed by atoms with van der Waals surface area (Å²) < 4.78 is 43.6. The maximum atomic E-state index is 14.4. The Labute approximate surface area is 190 Å². The SMILES string of the molecule is COC(=O)c1ccc(CN(CCc2cccc(C3CCNCC3)c2)[SH](=O)=O)c(F)c1.Cl. The fourth-order valence-electron chi connectivity index (χ4n) is 3.75. The number of carbonyl (C=O) groups is 1. The quantitative estimate of drug-likeness (QED) is 0.458. The van der Waals surface area contributed by atoms with Crippen molar-refractivity contribution in [1.82, 2.24) is 9.62 Å². The molecule has 31 heavy (non-hydrogen) atoms. The number of ether oxygens (including phenoxy) is 1. The van der Waals surface area contributed by atoms with E-state index < -0.39 is 22.7 Å². The molecule has 170 valence electrons. The minimum Gasteiger partial charge on any atom is -0.465 e. The van der Waals surface area contributed by atoms with Gasteiger partial charge in [-0.05, 0) is 61.5 Å². The van der Waals surface area contributed by atoms with Gasteiger partial charge in [0.2, 0.25) is 10.9 Å². The molecule has 1 heterocycles. The third-order valence-electron chi connectivity index (χ3n) is 5.48. The van der Waals surface area contributed by atoms with Crippen molar-refractivity contribution in [2.24, 2.45) is 0 Å². The summed E-state index contributed by atoms with van der Waals surface area (Å²) in [6.07, 6.45) is 2.75. The summed E-state index contributed by atoms with van der Waals surface area (Å²) in [6, 6.07) is 12.2. The van der Waals surface area contributed by atoms with Crippen molar-refractivity contribution >= 4 is 29.3 Å². The number of carbonyl (C=O) groups excluding carboxylic acids is 1. The number of thiol groups is 1. The highest BCUT2D eigenvalue weighted by atomic mass is 35.5. The largest absolute Gasteiger partial charge is 0.465 e. The van der Waals surface area contributed by atoms with Crippen LogP contribution in [-0.2, 0) is 28.6 Å². The van der Waals surface area contributed by atoms with Gasteiger partial charge in [-0.2, -0.15) is 4.31 Å². The van der Waals surface area contributed by atoms with Crippen molar-refractivity contribution in [1.29, 1.82) is 0 Å². The molecule has 1 aliphatic rings. The van der Waals surface area contributed by atoms with Gasteiger partial charge in [-0.25, -0.2) is 17.6 Å². The Morgan fingerprint density at radius 2 is 1.94 bits per heavy atom. The second kappa shape index (κ2) is 12.1. The van der Waals surface area contributed by atoms with Crippen molar-refractivity contribution in [3.63, 3.8) is 0 Å². The summed E-state index contributed by atoms with van der Waals surface area (Å²) in [4.78, 5) is 11.5. The smallest absolute Gasteiger partial charge is 0.337 e. The average Bonchev–Trinajstić information content (AvgIpc) is 2.77. The van der Waals surface area contributed by atoms with Gasteiger partial charge >= 0.3 is 5.97 Å². The van der Waals surface area contributed by atoms with E-state index in [1.807, 2.05) is 12.1 Å². The van der Waals surface area contributed by atoms with E-state index in [0.29, 0.717) is 12.3 Å². The molecule has 0 bridgehead atoms. The summed E-state index contributed by atoms with van der Waals surface area (Å²) >= 11 is 0. The number of nitrogens with one attached hydrogen (secondary N) is 1. The van der Waals surface area contributed by atoms with Gasteiger partial charge in [0.15, 0.2) is 0 Å². The molecule has 0 atom stereocenters. The van der Waals surface area contributed by atoms with Crippen LogP contribution in [0.25, 0.3) is 0 Å². The van der Waals surface area contributed by atoms with Crippen LogP contribution in [0.15, 0.2) is 42.5 Å². The molecule has 0 unspecified atom stereocenters. The van der Waals surface area contributed by atoms with Gasteiger partial charge in [-0.3, -0.25) is 0 Å². The van der Waals surface area contributed by atoms with Crippen molar-refractivity contribution in [3.05, 3.63) is 70.5 Å². The molecule has 0 saturated carbocycles. The molecule has 2 aromatic rings. The minimum absolute atomic E-state index is 0. The average molecular weight is 471 g/mol. The molecule has 3 rings (SSSR count). The first kappa shape index (κ1) is 25.3. The molecule has 0 radical (unpaired) electrons. The molecular weight excluding hydrogens is 443 g/mol. The Morgan fingerprint density at radius 3 is 2.58 bits per heavy atom. The number of piperidine rings is 1. The molecule has 1 fully saturated rings. The highest BCUT2D eigenvalue weighted by Gasteiger charge is 2.17. The molecule has 1 N–H and O–H groups in total. The normalized spacial score (nSPS) is 14.5. The van der Waals surface area contributed by atoms with Crippen LogP contribution in [0.5, 0.6) is 0 Å². The number of benzene rings is 2. The second-order valence-electron chi connectivity index (χ2n) is 7.44. The summed E-state index contributed by atoms with van der Waals surface area (Å²) in [5, 5.41) is 3.36. The van der Waals surface area contributed by atoms with Crippen LogP contribution in [0.3, 0.4) is 0 Å². The Balaban J connectivity index is 0.00000341. The lowest BCUT2D eigenvalue weighted by Crippen LogP contribution is -2.26. The van der Waals surface area contributed by atoms with E-state index >= 15 is 0 Å². The van der Waals surface area contributed by atoms with Gasteiger partial charge in [-0.1, -0.05) is 30.3 Å². The van der Waals surface area contributed by atoms with Gasteiger partial charge in [0.1, 0.15) is 5.82 Å². The summed E-state index contributed by atoms with van der Waals surface area (Å²) in [7, 11) is -1.65. The first-order valence-electron chi connectivity index (χ1n) is 10.0. The van der Waals surface area contributed by atoms with Crippen LogP contribution >= 0.6 is 12.4 Å². The number of hydrogen-bond acceptors (Lipinski definition) is 5. The minimum atomic E-state index is -2.87. The van der Waals surface area contributed by atoms with Crippen LogP contribution in [0.2, 0.25) is 0 Å². The number of esters is 1. The number of rotatable bonds is 8. The van der Waals surface area contributed by atoms with Crippen LogP contribution in [0.1, 0.15) is 45.8 Å². The summed E-state index contributed by atoms with van der Waals surface area (Å²) in [5.41, 5.74) is 2.66. The topological polar surface area (TPSA) is 75.7 Å². The number of hydrogen-bond donors (Lipinski definition) is 2. The summed E-state index contributed by atoms with van der Waals surface area (Å²) in [6.45, 7) is 2.20. The van der Waals surface area contributed by atoms with E-state index in [1.165, 1.54) is 29.1 Å². The van der Waals surface area contributed by atoms with Crippen molar-refractivity contribution in [2.75, 3.05) is 26.7 Å². The Bertz CT molecular complexity index is 956. The van der Waals surface area contributed by atoms with Gasteiger partial charge in [0.25, 0.3) is 0 Å². The zero-order valence-corrected chi connectivity index (χ0v) is 19.1. The second-order valence-corrected chi connectivity index (χ2v) is 8.48. The Kier molecular flexibility index (Phi) is 9.90. The fraction of sp³-hybridized carbons (Fsp3) is 0.409. The zero-order valence-electron chi connectivity index (χ0n) is 17.4. The third kappa shape index (κ3) is 7.00. The van der Waals surface area contributed by atoms with Crippen LogP contribution < -0.4 is 5.32 Å². The zero-order chi connectivity index (χ0) is 21.5. The molecule has 2 aromatic carbocycles. The molecule has 0 aromatic heterocycles. The predicted molar refractivity (Wildman–Crippen MR) is 121 cm³/mol. The molecule has 0 amide bonds. The van der Waals surface area contributed by atoms with E-state index in [9.17, 15) is 17.6 Å². The Morgan fingerprint density at radius 1 is 1.19 bits per heavy atom. The fourth-order valence-corrected chi connectivity index (χ4v) is 4.28. The Hall–Kier alpha value is -2.00. The van der Waals surface area contributed by atoms with Crippen molar-refractivity contribution < 1.29 is 22.3 Å². The lowest BCUT2D eigenvalue weighted by molar-refractivity contribution is 0.0600.